The van der Waals surface area contributed by atoms with Crippen LogP contribution in [0.2, 0.25) is 6.04 Å². The summed E-state index contributed by atoms with van der Waals surface area (Å²) in [6, 6.07) is 0.825. The fraction of sp³-hybridized carbons (Fsp3) is 1.00. The maximum Gasteiger partial charge on any atom is 0.500 e. The molecule has 0 aliphatic rings. The van der Waals surface area contributed by atoms with Gasteiger partial charge in [0.15, 0.2) is 0 Å². The third kappa shape index (κ3) is 18.6. The molecule has 0 rings (SSSR count). The van der Waals surface area contributed by atoms with E-state index in [1.54, 1.807) is 7.11 Å². The highest BCUT2D eigenvalue weighted by atomic mass is 28.4. The SMILES string of the molecule is CCO[Si](CCCNCCOCCOCCOCCOCCOC)(OCC)OCC. The Morgan fingerprint density at radius 2 is 1.00 bits per heavy atom. The molecule has 0 spiro atoms. The molecular weight excluding hydrogens is 410 g/mol. The van der Waals surface area contributed by atoms with Gasteiger partial charge in [-0.2, -0.15) is 0 Å². The largest absolute Gasteiger partial charge is 0.500 e. The first-order valence-electron chi connectivity index (χ1n) is 11.2. The molecule has 0 radical (unpaired) electrons. The lowest BCUT2D eigenvalue weighted by atomic mass is 10.5. The third-order valence-electron chi connectivity index (χ3n) is 3.90. The Bertz CT molecular complexity index is 325. The number of methoxy groups -OCH3 is 1. The van der Waals surface area contributed by atoms with Crippen molar-refractivity contribution in [3.05, 3.63) is 0 Å². The summed E-state index contributed by atoms with van der Waals surface area (Å²) in [4.78, 5) is 0. The highest BCUT2D eigenvalue weighted by Crippen LogP contribution is 2.17. The maximum absolute atomic E-state index is 5.85. The Labute approximate surface area is 184 Å². The normalized spacial score (nSPS) is 12.0. The van der Waals surface area contributed by atoms with Gasteiger partial charge in [0.2, 0.25) is 0 Å². The molecule has 0 bridgehead atoms. The van der Waals surface area contributed by atoms with Crippen LogP contribution in [0.4, 0.5) is 0 Å². The predicted molar refractivity (Wildman–Crippen MR) is 118 cm³/mol. The summed E-state index contributed by atoms with van der Waals surface area (Å²) in [5.41, 5.74) is 0. The van der Waals surface area contributed by atoms with Gasteiger partial charge in [0.1, 0.15) is 0 Å². The Hall–Kier alpha value is -0.143. The van der Waals surface area contributed by atoms with Crippen molar-refractivity contribution in [1.82, 2.24) is 5.32 Å². The lowest BCUT2D eigenvalue weighted by Gasteiger charge is -2.28. The Balaban J connectivity index is 3.41. The van der Waals surface area contributed by atoms with Crippen LogP contribution in [-0.2, 0) is 37.0 Å². The molecule has 0 fully saturated rings. The van der Waals surface area contributed by atoms with E-state index in [4.69, 9.17) is 37.0 Å². The van der Waals surface area contributed by atoms with E-state index in [1.807, 2.05) is 20.8 Å². The molecule has 0 aromatic carbocycles. The predicted octanol–water partition coefficient (Wildman–Crippen LogP) is 1.73. The number of rotatable bonds is 25. The van der Waals surface area contributed by atoms with Crippen molar-refractivity contribution in [2.75, 3.05) is 99.5 Å². The van der Waals surface area contributed by atoms with Crippen molar-refractivity contribution in [2.45, 2.75) is 33.2 Å². The van der Waals surface area contributed by atoms with Crippen LogP contribution in [0, 0.1) is 0 Å². The number of hydrogen-bond acceptors (Lipinski definition) is 9. The fourth-order valence-electron chi connectivity index (χ4n) is 2.60. The van der Waals surface area contributed by atoms with Crippen LogP contribution < -0.4 is 5.32 Å². The molecule has 0 saturated heterocycles. The van der Waals surface area contributed by atoms with Crippen LogP contribution >= 0.6 is 0 Å². The second-order valence-corrected chi connectivity index (χ2v) is 9.01. The summed E-state index contributed by atoms with van der Waals surface area (Å²) in [6.45, 7) is 14.7. The molecule has 182 valence electrons. The molecule has 0 heterocycles. The van der Waals surface area contributed by atoms with E-state index in [1.165, 1.54) is 0 Å². The van der Waals surface area contributed by atoms with Gasteiger partial charge in [-0.25, -0.2) is 0 Å². The standard InChI is InChI=1S/C20H45NO8Si/c1-5-27-30(28-6-2,29-7-3)20-8-9-21-10-11-23-14-15-25-18-19-26-17-16-24-13-12-22-4/h21H,5-20H2,1-4H3. The van der Waals surface area contributed by atoms with E-state index in [0.29, 0.717) is 79.3 Å². The fourth-order valence-corrected chi connectivity index (χ4v) is 5.22. The third-order valence-corrected chi connectivity index (χ3v) is 7.05. The van der Waals surface area contributed by atoms with Crippen LogP contribution in [0.5, 0.6) is 0 Å². The average molecular weight is 456 g/mol. The van der Waals surface area contributed by atoms with Gasteiger partial charge in [0.25, 0.3) is 0 Å². The summed E-state index contributed by atoms with van der Waals surface area (Å²) in [5.74, 6) is 0. The van der Waals surface area contributed by atoms with Crippen molar-refractivity contribution >= 4 is 8.80 Å². The molecule has 30 heavy (non-hydrogen) atoms. The number of nitrogens with one attached hydrogen (secondary N) is 1. The van der Waals surface area contributed by atoms with Crippen molar-refractivity contribution in [2.24, 2.45) is 0 Å². The lowest BCUT2D eigenvalue weighted by Crippen LogP contribution is -2.46. The summed E-state index contributed by atoms with van der Waals surface area (Å²) >= 11 is 0. The first-order valence-corrected chi connectivity index (χ1v) is 13.1. The van der Waals surface area contributed by atoms with Crippen LogP contribution in [0.15, 0.2) is 0 Å². The van der Waals surface area contributed by atoms with Crippen LogP contribution in [0.25, 0.3) is 0 Å². The summed E-state index contributed by atoms with van der Waals surface area (Å²) in [6.07, 6.45) is 0.951. The molecular formula is C20H45NO8Si. The van der Waals surface area contributed by atoms with E-state index < -0.39 is 8.80 Å². The molecule has 0 aliphatic heterocycles. The van der Waals surface area contributed by atoms with Crippen LogP contribution in [0.1, 0.15) is 27.2 Å². The number of hydrogen-bond donors (Lipinski definition) is 1. The molecule has 0 aromatic rings. The Morgan fingerprint density at radius 1 is 0.567 bits per heavy atom. The van der Waals surface area contributed by atoms with E-state index in [9.17, 15) is 0 Å². The van der Waals surface area contributed by atoms with E-state index >= 15 is 0 Å². The second-order valence-electron chi connectivity index (χ2n) is 6.28. The molecule has 10 heteroatoms. The quantitative estimate of drug-likeness (QED) is 0.163. The Morgan fingerprint density at radius 3 is 1.43 bits per heavy atom. The van der Waals surface area contributed by atoms with Crippen molar-refractivity contribution < 1.29 is 37.0 Å². The first kappa shape index (κ1) is 29.9. The van der Waals surface area contributed by atoms with Crippen molar-refractivity contribution in [1.29, 1.82) is 0 Å². The topological polar surface area (TPSA) is 85.9 Å². The van der Waals surface area contributed by atoms with Gasteiger partial charge in [-0.05, 0) is 33.7 Å². The van der Waals surface area contributed by atoms with Gasteiger partial charge < -0.3 is 42.3 Å². The molecule has 9 nitrogen and oxygen atoms in total. The molecule has 0 amide bonds. The minimum absolute atomic E-state index is 0.560. The van der Waals surface area contributed by atoms with Crippen LogP contribution in [-0.4, -0.2) is 108 Å². The van der Waals surface area contributed by atoms with Crippen molar-refractivity contribution in [3.8, 4) is 0 Å². The van der Waals surface area contributed by atoms with Gasteiger partial charge in [-0.3, -0.25) is 0 Å². The molecule has 0 aliphatic carbocycles. The van der Waals surface area contributed by atoms with Crippen LogP contribution in [0.3, 0.4) is 0 Å². The lowest BCUT2D eigenvalue weighted by molar-refractivity contribution is -0.00748. The van der Waals surface area contributed by atoms with Gasteiger partial charge in [0, 0.05) is 39.5 Å². The van der Waals surface area contributed by atoms with Gasteiger partial charge in [-0.1, -0.05) is 0 Å². The monoisotopic (exact) mass is 455 g/mol. The van der Waals surface area contributed by atoms with E-state index in [2.05, 4.69) is 5.32 Å². The van der Waals surface area contributed by atoms with Gasteiger partial charge in [0.05, 0.1) is 59.5 Å². The Kier molecular flexibility index (Phi) is 23.4. The van der Waals surface area contributed by atoms with E-state index in [0.717, 1.165) is 25.6 Å². The zero-order chi connectivity index (χ0) is 22.2. The maximum atomic E-state index is 5.85. The zero-order valence-corrected chi connectivity index (χ0v) is 20.6. The highest BCUT2D eigenvalue weighted by Gasteiger charge is 2.39. The molecule has 0 atom stereocenters. The smallest absolute Gasteiger partial charge is 0.382 e. The zero-order valence-electron chi connectivity index (χ0n) is 19.6. The van der Waals surface area contributed by atoms with Gasteiger partial charge in [-0.15, -0.1) is 0 Å². The first-order chi connectivity index (χ1) is 14.7. The molecule has 0 unspecified atom stereocenters. The minimum Gasteiger partial charge on any atom is -0.382 e. The highest BCUT2D eigenvalue weighted by molar-refractivity contribution is 6.60. The molecule has 0 saturated carbocycles. The minimum atomic E-state index is -2.52. The summed E-state index contributed by atoms with van der Waals surface area (Å²) < 4.78 is 44.2. The van der Waals surface area contributed by atoms with Gasteiger partial charge >= 0.3 is 8.80 Å². The molecule has 0 aromatic heterocycles. The average Bonchev–Trinajstić information content (AvgIpc) is 2.73. The molecule has 1 N–H and O–H groups in total. The van der Waals surface area contributed by atoms with E-state index in [-0.39, 0.29) is 0 Å². The second kappa shape index (κ2) is 23.5. The number of ether oxygens (including phenoxy) is 5. The summed E-state index contributed by atoms with van der Waals surface area (Å²) in [7, 11) is -0.863. The van der Waals surface area contributed by atoms with Crippen molar-refractivity contribution in [3.63, 3.8) is 0 Å². The summed E-state index contributed by atoms with van der Waals surface area (Å²) in [5, 5.41) is 3.38.